The Kier molecular flexibility index (Phi) is 3.77. The lowest BCUT2D eigenvalue weighted by molar-refractivity contribution is 0.0714. The largest absolute Gasteiger partial charge is 0.332 e. The topological polar surface area (TPSA) is 63.9 Å². The minimum Gasteiger partial charge on any atom is -0.332 e. The molecule has 0 bridgehead atoms. The van der Waals surface area contributed by atoms with Crippen molar-refractivity contribution >= 4 is 21.8 Å². The molecule has 1 fully saturated rings. The Balaban J connectivity index is 1.78. The van der Waals surface area contributed by atoms with E-state index in [1.54, 1.807) is 23.1 Å². The van der Waals surface area contributed by atoms with E-state index >= 15 is 0 Å². The molecule has 7 heteroatoms. The van der Waals surface area contributed by atoms with Crippen molar-refractivity contribution in [2.45, 2.75) is 25.4 Å². The summed E-state index contributed by atoms with van der Waals surface area (Å²) in [5.74, 6) is -0.0277. The molecule has 1 atom stereocenters. The maximum Gasteiger partial charge on any atom is 0.273 e. The average Bonchev–Trinajstić information content (AvgIpc) is 3.11. The zero-order chi connectivity index (χ0) is 13.9. The molecule has 0 saturated carbocycles. The maximum absolute atomic E-state index is 12.6. The zero-order valence-electron chi connectivity index (χ0n) is 10.8. The fourth-order valence-electron chi connectivity index (χ4n) is 2.52. The molecule has 104 valence electrons. The maximum atomic E-state index is 12.6. The van der Waals surface area contributed by atoms with Crippen molar-refractivity contribution < 1.29 is 4.79 Å². The third-order valence-electron chi connectivity index (χ3n) is 3.47. The third kappa shape index (κ3) is 2.58. The van der Waals surface area contributed by atoms with Crippen molar-refractivity contribution in [3.05, 3.63) is 40.9 Å². The van der Waals surface area contributed by atoms with Crippen LogP contribution in [0.5, 0.6) is 0 Å². The highest BCUT2D eigenvalue weighted by atomic mass is 79.9. The minimum atomic E-state index is -0.0277. The van der Waals surface area contributed by atoms with Gasteiger partial charge < -0.3 is 4.90 Å². The van der Waals surface area contributed by atoms with Crippen molar-refractivity contribution in [2.75, 3.05) is 6.54 Å². The predicted molar refractivity (Wildman–Crippen MR) is 76.0 cm³/mol. The summed E-state index contributed by atoms with van der Waals surface area (Å²) >= 11 is 3.39. The number of aromatic nitrogens is 4. The number of carbonyl (C=O) groups excluding carboxylic acids is 1. The van der Waals surface area contributed by atoms with Crippen molar-refractivity contribution in [3.63, 3.8) is 0 Å². The standard InChI is InChI=1S/C13H14BrN5O/c14-11-4-1-5-15-12(11)13(20)19-7-2-3-10(19)9-18-8-6-16-17-18/h1,4-6,8,10H,2-3,7,9H2/t10-/m0/s1. The van der Waals surface area contributed by atoms with Crippen molar-refractivity contribution in [2.24, 2.45) is 0 Å². The van der Waals surface area contributed by atoms with Crippen molar-refractivity contribution in [1.29, 1.82) is 0 Å². The summed E-state index contributed by atoms with van der Waals surface area (Å²) in [4.78, 5) is 18.7. The molecular weight excluding hydrogens is 322 g/mol. The first kappa shape index (κ1) is 13.2. The van der Waals surface area contributed by atoms with Crippen LogP contribution in [0.15, 0.2) is 35.2 Å². The van der Waals surface area contributed by atoms with Crippen LogP contribution in [0.2, 0.25) is 0 Å². The van der Waals surface area contributed by atoms with Crippen LogP contribution in [0, 0.1) is 0 Å². The van der Waals surface area contributed by atoms with Crippen LogP contribution in [-0.4, -0.2) is 43.4 Å². The van der Waals surface area contributed by atoms with E-state index < -0.39 is 0 Å². The number of amides is 1. The summed E-state index contributed by atoms with van der Waals surface area (Å²) in [6, 6.07) is 3.79. The minimum absolute atomic E-state index is 0.0277. The van der Waals surface area contributed by atoms with Crippen LogP contribution >= 0.6 is 15.9 Å². The molecule has 3 rings (SSSR count). The van der Waals surface area contributed by atoms with Gasteiger partial charge >= 0.3 is 0 Å². The molecule has 3 heterocycles. The van der Waals surface area contributed by atoms with Crippen LogP contribution in [0.1, 0.15) is 23.3 Å². The monoisotopic (exact) mass is 335 g/mol. The van der Waals surface area contributed by atoms with Gasteiger partial charge in [0.15, 0.2) is 0 Å². The van der Waals surface area contributed by atoms with Gasteiger partial charge in [-0.3, -0.25) is 9.48 Å². The van der Waals surface area contributed by atoms with Gasteiger partial charge in [-0.2, -0.15) is 0 Å². The normalized spacial score (nSPS) is 18.4. The quantitative estimate of drug-likeness (QED) is 0.857. The highest BCUT2D eigenvalue weighted by Crippen LogP contribution is 2.23. The van der Waals surface area contributed by atoms with E-state index in [0.29, 0.717) is 12.2 Å². The second-order valence-electron chi connectivity index (χ2n) is 4.75. The van der Waals surface area contributed by atoms with Gasteiger partial charge in [0.25, 0.3) is 5.91 Å². The second kappa shape index (κ2) is 5.70. The second-order valence-corrected chi connectivity index (χ2v) is 5.61. The molecule has 1 saturated heterocycles. The van der Waals surface area contributed by atoms with Gasteiger partial charge in [0, 0.05) is 23.4 Å². The number of rotatable bonds is 3. The Morgan fingerprint density at radius 3 is 3.10 bits per heavy atom. The number of hydrogen-bond acceptors (Lipinski definition) is 4. The van der Waals surface area contributed by atoms with Crippen LogP contribution in [0.25, 0.3) is 0 Å². The Morgan fingerprint density at radius 1 is 1.45 bits per heavy atom. The molecule has 1 aliphatic rings. The molecule has 1 aliphatic heterocycles. The summed E-state index contributed by atoms with van der Waals surface area (Å²) < 4.78 is 2.50. The van der Waals surface area contributed by atoms with Crippen LogP contribution in [0.4, 0.5) is 0 Å². The lowest BCUT2D eigenvalue weighted by Gasteiger charge is -2.24. The lowest BCUT2D eigenvalue weighted by atomic mass is 10.2. The van der Waals surface area contributed by atoms with Crippen molar-refractivity contribution in [1.82, 2.24) is 24.9 Å². The van der Waals surface area contributed by atoms with Gasteiger partial charge in [-0.25, -0.2) is 4.98 Å². The Bertz CT molecular complexity index is 601. The first-order valence-electron chi connectivity index (χ1n) is 6.51. The molecule has 0 N–H and O–H groups in total. The summed E-state index contributed by atoms with van der Waals surface area (Å²) in [6.45, 7) is 1.44. The van der Waals surface area contributed by atoms with Gasteiger partial charge in [0.1, 0.15) is 5.69 Å². The van der Waals surface area contributed by atoms with Crippen LogP contribution < -0.4 is 0 Å². The number of carbonyl (C=O) groups is 1. The van der Waals surface area contributed by atoms with Crippen LogP contribution in [0.3, 0.4) is 0 Å². The molecule has 0 unspecified atom stereocenters. The Labute approximate surface area is 124 Å². The molecule has 0 spiro atoms. The van der Waals surface area contributed by atoms with Gasteiger partial charge in [-0.05, 0) is 40.9 Å². The first-order chi connectivity index (χ1) is 9.75. The summed E-state index contributed by atoms with van der Waals surface area (Å²) in [6.07, 6.45) is 7.10. The SMILES string of the molecule is O=C(c1ncccc1Br)N1CCC[C@H]1Cn1ccnn1. The number of hydrogen-bond donors (Lipinski definition) is 0. The summed E-state index contributed by atoms with van der Waals surface area (Å²) in [5.41, 5.74) is 0.470. The number of halogens is 1. The molecule has 0 radical (unpaired) electrons. The summed E-state index contributed by atoms with van der Waals surface area (Å²) in [5, 5.41) is 7.76. The first-order valence-corrected chi connectivity index (χ1v) is 7.30. The highest BCUT2D eigenvalue weighted by molar-refractivity contribution is 9.10. The van der Waals surface area contributed by atoms with E-state index in [9.17, 15) is 4.79 Å². The fraction of sp³-hybridized carbons (Fsp3) is 0.385. The highest BCUT2D eigenvalue weighted by Gasteiger charge is 2.31. The van der Waals surface area contributed by atoms with E-state index in [2.05, 4.69) is 31.2 Å². The van der Waals surface area contributed by atoms with Gasteiger partial charge in [-0.1, -0.05) is 5.21 Å². The molecule has 2 aromatic rings. The number of likely N-dealkylation sites (tertiary alicyclic amines) is 1. The molecule has 2 aromatic heterocycles. The fourth-order valence-corrected chi connectivity index (χ4v) is 2.94. The average molecular weight is 336 g/mol. The summed E-state index contributed by atoms with van der Waals surface area (Å²) in [7, 11) is 0. The van der Waals surface area contributed by atoms with Crippen LogP contribution in [-0.2, 0) is 6.54 Å². The van der Waals surface area contributed by atoms with Gasteiger partial charge in [0.05, 0.1) is 18.8 Å². The Hall–Kier alpha value is -1.76. The predicted octanol–water partition coefficient (Wildman–Crippen LogP) is 1.74. The van der Waals surface area contributed by atoms with E-state index in [-0.39, 0.29) is 11.9 Å². The van der Waals surface area contributed by atoms with Crippen molar-refractivity contribution in [3.8, 4) is 0 Å². The molecule has 0 aromatic carbocycles. The molecule has 6 nitrogen and oxygen atoms in total. The van der Waals surface area contributed by atoms with Gasteiger partial charge in [0.2, 0.25) is 0 Å². The number of pyridine rings is 1. The van der Waals surface area contributed by atoms with E-state index in [4.69, 9.17) is 0 Å². The smallest absolute Gasteiger partial charge is 0.273 e. The van der Waals surface area contributed by atoms with E-state index in [0.717, 1.165) is 23.9 Å². The Morgan fingerprint density at radius 2 is 2.35 bits per heavy atom. The lowest BCUT2D eigenvalue weighted by Crippen LogP contribution is -2.38. The van der Waals surface area contributed by atoms with E-state index in [1.807, 2.05) is 17.2 Å². The molecular formula is C13H14BrN5O. The molecule has 1 amide bonds. The molecule has 20 heavy (non-hydrogen) atoms. The van der Waals surface area contributed by atoms with Gasteiger partial charge in [-0.15, -0.1) is 5.10 Å². The number of nitrogens with zero attached hydrogens (tertiary/aromatic N) is 5. The molecule has 0 aliphatic carbocycles. The third-order valence-corrected chi connectivity index (χ3v) is 4.11. The zero-order valence-corrected chi connectivity index (χ0v) is 12.4. The van der Waals surface area contributed by atoms with E-state index in [1.165, 1.54) is 0 Å².